The van der Waals surface area contributed by atoms with E-state index in [-0.39, 0.29) is 11.6 Å². The summed E-state index contributed by atoms with van der Waals surface area (Å²) in [7, 11) is 0. The van der Waals surface area contributed by atoms with Crippen molar-refractivity contribution in [3.63, 3.8) is 0 Å². The average molecular weight is 443 g/mol. The van der Waals surface area contributed by atoms with E-state index in [1.807, 2.05) is 57.2 Å². The van der Waals surface area contributed by atoms with Crippen LogP contribution in [0.15, 0.2) is 71.6 Å². The Balaban J connectivity index is 1.81. The summed E-state index contributed by atoms with van der Waals surface area (Å²) in [6.45, 7) is 5.68. The van der Waals surface area contributed by atoms with Crippen LogP contribution in [0.25, 0.3) is 11.1 Å². The van der Waals surface area contributed by atoms with Crippen molar-refractivity contribution in [3.8, 4) is 34.8 Å². The van der Waals surface area contributed by atoms with E-state index >= 15 is 0 Å². The van der Waals surface area contributed by atoms with Gasteiger partial charge in [0.25, 0.3) is 0 Å². The largest absolute Gasteiger partial charge is 0.456 e. The fraction of sp³-hybridized carbons (Fsp3) is 0.160. The lowest BCUT2D eigenvalue weighted by molar-refractivity contribution is 0.238. The van der Waals surface area contributed by atoms with Gasteiger partial charge in [0.2, 0.25) is 0 Å². The predicted octanol–water partition coefficient (Wildman–Crippen LogP) is 5.99. The zero-order valence-corrected chi connectivity index (χ0v) is 18.8. The first-order valence-electron chi connectivity index (χ1n) is 9.85. The van der Waals surface area contributed by atoms with Crippen molar-refractivity contribution in [3.05, 3.63) is 77.9 Å². The maximum absolute atomic E-state index is 12.1. The van der Waals surface area contributed by atoms with Gasteiger partial charge in [-0.25, -0.2) is 4.79 Å². The summed E-state index contributed by atoms with van der Waals surface area (Å²) in [5, 5.41) is 21.1. The highest BCUT2D eigenvalue weighted by Gasteiger charge is 2.15. The van der Waals surface area contributed by atoms with Crippen LogP contribution in [-0.2, 0) is 0 Å². The molecule has 3 aromatic carbocycles. The van der Waals surface area contributed by atoms with Crippen LogP contribution in [0.5, 0.6) is 11.5 Å². The minimum absolute atomic E-state index is 0.335. The van der Waals surface area contributed by atoms with E-state index in [9.17, 15) is 10.1 Å². The Morgan fingerprint density at radius 3 is 2.25 bits per heavy atom. The van der Waals surface area contributed by atoms with E-state index in [2.05, 4.69) is 22.2 Å². The Morgan fingerprint density at radius 1 is 0.906 bits per heavy atom. The molecule has 0 aromatic heterocycles. The molecule has 2 N–H and O–H groups in total. The summed E-state index contributed by atoms with van der Waals surface area (Å²) in [5.41, 5.74) is 2.60. The van der Waals surface area contributed by atoms with E-state index in [4.69, 9.17) is 10.00 Å². The van der Waals surface area contributed by atoms with Gasteiger partial charge in [0, 0.05) is 5.54 Å². The number of hydrogen-bond donors (Lipinski definition) is 2. The topological polar surface area (TPSA) is 97.9 Å². The lowest BCUT2D eigenvalue weighted by atomic mass is 10.0. The summed E-state index contributed by atoms with van der Waals surface area (Å²) in [6.07, 6.45) is 0. The van der Waals surface area contributed by atoms with Crippen LogP contribution < -0.4 is 14.8 Å². The van der Waals surface area contributed by atoms with Crippen LogP contribution >= 0.6 is 11.9 Å². The molecule has 0 atom stereocenters. The van der Waals surface area contributed by atoms with Crippen LogP contribution in [0.2, 0.25) is 0 Å². The third kappa shape index (κ3) is 6.28. The third-order valence-electron chi connectivity index (χ3n) is 4.22. The molecule has 6 nitrogen and oxygen atoms in total. The van der Waals surface area contributed by atoms with E-state index in [1.165, 1.54) is 0 Å². The molecule has 7 heteroatoms. The normalized spacial score (nSPS) is 10.5. The van der Waals surface area contributed by atoms with Gasteiger partial charge in [0.1, 0.15) is 11.5 Å². The van der Waals surface area contributed by atoms with Crippen LogP contribution in [-0.4, -0.2) is 11.6 Å². The SMILES string of the molecule is CC(C)(C)NC(=O)NSc1cc(C#N)ccc1Oc1cccc(-c2ccc(C#N)cc2)c1. The first kappa shape index (κ1) is 22.7. The number of carbonyl (C=O) groups excluding carboxylic acids is 1. The van der Waals surface area contributed by atoms with Gasteiger partial charge in [-0.2, -0.15) is 10.5 Å². The summed E-state index contributed by atoms with van der Waals surface area (Å²) < 4.78 is 8.83. The molecular formula is C25H22N4O2S. The fourth-order valence-electron chi connectivity index (χ4n) is 2.81. The maximum atomic E-state index is 12.1. The number of amides is 2. The Hall–Kier alpha value is -3.94. The molecule has 0 unspecified atom stereocenters. The minimum Gasteiger partial charge on any atom is -0.456 e. The number of hydrogen-bond acceptors (Lipinski definition) is 5. The van der Waals surface area contributed by atoms with E-state index in [0.29, 0.717) is 27.5 Å². The van der Waals surface area contributed by atoms with Crippen LogP contribution in [0, 0.1) is 22.7 Å². The zero-order valence-electron chi connectivity index (χ0n) is 18.0. The van der Waals surface area contributed by atoms with Gasteiger partial charge in [-0.3, -0.25) is 4.72 Å². The van der Waals surface area contributed by atoms with E-state index < -0.39 is 0 Å². The number of nitrogens with one attached hydrogen (secondary N) is 2. The molecule has 0 aliphatic carbocycles. The Bertz CT molecular complexity index is 1200. The summed E-state index contributed by atoms with van der Waals surface area (Å²) >= 11 is 1.08. The van der Waals surface area contributed by atoms with Gasteiger partial charge in [-0.1, -0.05) is 24.3 Å². The molecule has 2 amide bonds. The average Bonchev–Trinajstić information content (AvgIpc) is 2.77. The standard InChI is InChI=1S/C25H22N4O2S/c1-25(2,3)28-24(30)29-32-23-13-18(16-27)9-12-22(23)31-21-6-4-5-20(14-21)19-10-7-17(15-26)8-11-19/h4-14H,1-3H3,(H2,28,29,30). The van der Waals surface area contributed by atoms with Crippen molar-refractivity contribution in [2.45, 2.75) is 31.2 Å². The van der Waals surface area contributed by atoms with Crippen molar-refractivity contribution in [1.82, 2.24) is 10.0 Å². The van der Waals surface area contributed by atoms with Gasteiger partial charge < -0.3 is 10.1 Å². The van der Waals surface area contributed by atoms with Crippen molar-refractivity contribution in [1.29, 1.82) is 10.5 Å². The number of benzene rings is 3. The summed E-state index contributed by atoms with van der Waals surface area (Å²) in [5.74, 6) is 1.12. The number of rotatable bonds is 5. The summed E-state index contributed by atoms with van der Waals surface area (Å²) in [6, 6.07) is 23.8. The molecule has 3 aromatic rings. The molecule has 0 heterocycles. The molecule has 0 saturated carbocycles. The number of ether oxygens (including phenoxy) is 1. The van der Waals surface area contributed by atoms with Crippen molar-refractivity contribution < 1.29 is 9.53 Å². The van der Waals surface area contributed by atoms with Crippen molar-refractivity contribution in [2.75, 3.05) is 0 Å². The van der Waals surface area contributed by atoms with Gasteiger partial charge in [-0.05, 0) is 86.3 Å². The highest BCUT2D eigenvalue weighted by Crippen LogP contribution is 2.34. The number of nitriles is 2. The van der Waals surface area contributed by atoms with Crippen molar-refractivity contribution >= 4 is 18.0 Å². The van der Waals surface area contributed by atoms with Crippen molar-refractivity contribution in [2.24, 2.45) is 0 Å². The number of nitrogens with zero attached hydrogens (tertiary/aromatic N) is 2. The molecule has 0 radical (unpaired) electrons. The van der Waals surface area contributed by atoms with Gasteiger partial charge in [0.15, 0.2) is 0 Å². The quantitative estimate of drug-likeness (QED) is 0.473. The molecule has 3 rings (SSSR count). The fourth-order valence-corrected chi connectivity index (χ4v) is 3.46. The first-order chi connectivity index (χ1) is 15.3. The third-order valence-corrected chi connectivity index (χ3v) is 5.05. The van der Waals surface area contributed by atoms with E-state index in [0.717, 1.165) is 23.1 Å². The summed E-state index contributed by atoms with van der Waals surface area (Å²) in [4.78, 5) is 12.7. The zero-order chi connectivity index (χ0) is 23.1. The van der Waals surface area contributed by atoms with Gasteiger partial charge in [0.05, 0.1) is 28.2 Å². The molecule has 0 bridgehead atoms. The molecule has 160 valence electrons. The number of carbonyl (C=O) groups is 1. The molecule has 0 aliphatic heterocycles. The van der Waals surface area contributed by atoms with Crippen LogP contribution in [0.1, 0.15) is 31.9 Å². The predicted molar refractivity (Wildman–Crippen MR) is 125 cm³/mol. The van der Waals surface area contributed by atoms with Gasteiger partial charge in [-0.15, -0.1) is 0 Å². The monoisotopic (exact) mass is 442 g/mol. The lowest BCUT2D eigenvalue weighted by Crippen LogP contribution is -2.44. The van der Waals surface area contributed by atoms with Crippen LogP contribution in [0.4, 0.5) is 4.79 Å². The van der Waals surface area contributed by atoms with E-state index in [1.54, 1.807) is 30.3 Å². The van der Waals surface area contributed by atoms with Crippen LogP contribution in [0.3, 0.4) is 0 Å². The molecule has 32 heavy (non-hydrogen) atoms. The highest BCUT2D eigenvalue weighted by molar-refractivity contribution is 7.98. The smallest absolute Gasteiger partial charge is 0.325 e. The second-order valence-corrected chi connectivity index (χ2v) is 8.85. The molecule has 0 spiro atoms. The first-order valence-corrected chi connectivity index (χ1v) is 10.7. The lowest BCUT2D eigenvalue weighted by Gasteiger charge is -2.20. The molecule has 0 aliphatic rings. The molecule has 0 saturated heterocycles. The molecular weight excluding hydrogens is 420 g/mol. The highest BCUT2D eigenvalue weighted by atomic mass is 32.2. The Labute approximate surface area is 192 Å². The van der Waals surface area contributed by atoms with Gasteiger partial charge >= 0.3 is 6.03 Å². The number of urea groups is 1. The Morgan fingerprint density at radius 2 is 1.59 bits per heavy atom. The molecule has 0 fully saturated rings. The second-order valence-electron chi connectivity index (χ2n) is 8.00. The maximum Gasteiger partial charge on any atom is 0.325 e. The minimum atomic E-state index is -0.371. The Kier molecular flexibility index (Phi) is 7.04. The second kappa shape index (κ2) is 9.91.